The maximum atomic E-state index is 5.91. The maximum absolute atomic E-state index is 5.91. The highest BCUT2D eigenvalue weighted by Crippen LogP contribution is 2.28. The van der Waals surface area contributed by atoms with E-state index in [9.17, 15) is 0 Å². The fourth-order valence-corrected chi connectivity index (χ4v) is 3.80. The van der Waals surface area contributed by atoms with Gasteiger partial charge in [-0.3, -0.25) is 10.00 Å². The van der Waals surface area contributed by atoms with Crippen molar-refractivity contribution < 1.29 is 9.15 Å². The first-order valence-electron chi connectivity index (χ1n) is 8.04. The quantitative estimate of drug-likeness (QED) is 0.786. The number of aromatic amines is 1. The lowest BCUT2D eigenvalue weighted by atomic mass is 10.1. The summed E-state index contributed by atoms with van der Waals surface area (Å²) in [6, 6.07) is 3.95. The number of furan rings is 1. The summed E-state index contributed by atoms with van der Waals surface area (Å²) in [4.78, 5) is 6.95. The van der Waals surface area contributed by atoms with Crippen molar-refractivity contribution in [3.8, 4) is 11.5 Å². The summed E-state index contributed by atoms with van der Waals surface area (Å²) in [5.74, 6) is 1.73. The minimum absolute atomic E-state index is 0.0543. The van der Waals surface area contributed by atoms with E-state index in [-0.39, 0.29) is 6.10 Å². The summed E-state index contributed by atoms with van der Waals surface area (Å²) in [7, 11) is 0. The molecule has 1 unspecified atom stereocenters. The van der Waals surface area contributed by atoms with Crippen molar-refractivity contribution in [3.05, 3.63) is 45.7 Å². The standard InChI is InChI=1S/C17H20N4O2S/c1-11-10-24-17(19-11)15-9-21(5-6-22-15)8-13-7-18-20-16(13)14-4-3-12(2)23-14/h3-4,7,10,15H,5-6,8-9H2,1-2H3,(H,18,20). The van der Waals surface area contributed by atoms with E-state index in [1.807, 2.05) is 32.2 Å². The van der Waals surface area contributed by atoms with Gasteiger partial charge in [-0.2, -0.15) is 5.10 Å². The number of ether oxygens (including phenoxy) is 1. The Balaban J connectivity index is 1.49. The first-order valence-corrected chi connectivity index (χ1v) is 8.92. The van der Waals surface area contributed by atoms with E-state index in [1.165, 1.54) is 0 Å². The molecule has 0 aromatic carbocycles. The van der Waals surface area contributed by atoms with Crippen LogP contribution < -0.4 is 0 Å². The van der Waals surface area contributed by atoms with Crippen LogP contribution in [-0.4, -0.2) is 39.8 Å². The van der Waals surface area contributed by atoms with Crippen LogP contribution in [0.3, 0.4) is 0 Å². The molecule has 1 fully saturated rings. The van der Waals surface area contributed by atoms with Gasteiger partial charge in [0.1, 0.15) is 22.6 Å². The van der Waals surface area contributed by atoms with Crippen LogP contribution in [0.4, 0.5) is 0 Å². The van der Waals surface area contributed by atoms with Crippen LogP contribution in [0.5, 0.6) is 0 Å². The molecular formula is C17H20N4O2S. The van der Waals surface area contributed by atoms with Gasteiger partial charge in [0.15, 0.2) is 5.76 Å². The van der Waals surface area contributed by atoms with Crippen LogP contribution in [0.1, 0.15) is 28.1 Å². The molecule has 1 N–H and O–H groups in total. The molecule has 4 heterocycles. The zero-order valence-corrected chi connectivity index (χ0v) is 14.6. The Morgan fingerprint density at radius 1 is 1.38 bits per heavy atom. The Morgan fingerprint density at radius 2 is 2.29 bits per heavy atom. The molecule has 4 rings (SSSR count). The lowest BCUT2D eigenvalue weighted by Crippen LogP contribution is -2.37. The Morgan fingerprint density at radius 3 is 3.04 bits per heavy atom. The second-order valence-electron chi connectivity index (χ2n) is 6.10. The van der Waals surface area contributed by atoms with Crippen molar-refractivity contribution in [1.82, 2.24) is 20.1 Å². The molecule has 3 aromatic rings. The number of thiazole rings is 1. The largest absolute Gasteiger partial charge is 0.460 e. The van der Waals surface area contributed by atoms with Gasteiger partial charge in [0.2, 0.25) is 0 Å². The van der Waals surface area contributed by atoms with Crippen LogP contribution >= 0.6 is 11.3 Å². The minimum Gasteiger partial charge on any atom is -0.460 e. The molecule has 0 spiro atoms. The first-order chi connectivity index (χ1) is 11.7. The van der Waals surface area contributed by atoms with Crippen molar-refractivity contribution in [3.63, 3.8) is 0 Å². The fourth-order valence-electron chi connectivity index (χ4n) is 2.97. The van der Waals surface area contributed by atoms with Crippen molar-refractivity contribution in [2.24, 2.45) is 0 Å². The van der Waals surface area contributed by atoms with E-state index in [1.54, 1.807) is 11.3 Å². The smallest absolute Gasteiger partial charge is 0.152 e. The minimum atomic E-state index is 0.0543. The predicted octanol–water partition coefficient (Wildman–Crippen LogP) is 3.32. The average Bonchev–Trinajstić information content (AvgIpc) is 3.29. The normalized spacial score (nSPS) is 19.0. The number of hydrogen-bond donors (Lipinski definition) is 1. The molecular weight excluding hydrogens is 324 g/mol. The predicted molar refractivity (Wildman–Crippen MR) is 91.8 cm³/mol. The van der Waals surface area contributed by atoms with E-state index in [0.717, 1.165) is 59.7 Å². The molecule has 0 amide bonds. The monoisotopic (exact) mass is 344 g/mol. The van der Waals surface area contributed by atoms with E-state index < -0.39 is 0 Å². The zero-order chi connectivity index (χ0) is 16.5. The lowest BCUT2D eigenvalue weighted by molar-refractivity contribution is -0.0330. The van der Waals surface area contributed by atoms with Crippen molar-refractivity contribution in [2.75, 3.05) is 19.7 Å². The van der Waals surface area contributed by atoms with Gasteiger partial charge in [-0.25, -0.2) is 4.98 Å². The Kier molecular flexibility index (Phi) is 4.22. The molecule has 3 aromatic heterocycles. The third-order valence-corrected chi connectivity index (χ3v) is 5.22. The second-order valence-corrected chi connectivity index (χ2v) is 6.99. The van der Waals surface area contributed by atoms with Gasteiger partial charge in [0, 0.05) is 36.3 Å². The highest BCUT2D eigenvalue weighted by molar-refractivity contribution is 7.09. The van der Waals surface area contributed by atoms with Crippen LogP contribution in [-0.2, 0) is 11.3 Å². The third kappa shape index (κ3) is 3.15. The molecule has 0 bridgehead atoms. The summed E-state index contributed by atoms with van der Waals surface area (Å²) in [6.45, 7) is 7.25. The zero-order valence-electron chi connectivity index (χ0n) is 13.8. The SMILES string of the molecule is Cc1csc(C2CN(Cc3cn[nH]c3-c3ccc(C)o3)CCO2)n1. The van der Waals surface area contributed by atoms with Gasteiger partial charge < -0.3 is 9.15 Å². The van der Waals surface area contributed by atoms with Crippen molar-refractivity contribution >= 4 is 11.3 Å². The maximum Gasteiger partial charge on any atom is 0.152 e. The second kappa shape index (κ2) is 6.51. The molecule has 0 radical (unpaired) electrons. The summed E-state index contributed by atoms with van der Waals surface area (Å²) in [5.41, 5.74) is 3.15. The molecule has 24 heavy (non-hydrogen) atoms. The molecule has 7 heteroatoms. The molecule has 0 saturated carbocycles. The Bertz CT molecular complexity index is 822. The highest BCUT2D eigenvalue weighted by atomic mass is 32.1. The van der Waals surface area contributed by atoms with Crippen molar-refractivity contribution in [2.45, 2.75) is 26.5 Å². The number of nitrogens with zero attached hydrogens (tertiary/aromatic N) is 3. The highest BCUT2D eigenvalue weighted by Gasteiger charge is 2.25. The lowest BCUT2D eigenvalue weighted by Gasteiger charge is -2.31. The van der Waals surface area contributed by atoms with Gasteiger partial charge in [0.05, 0.1) is 12.8 Å². The summed E-state index contributed by atoms with van der Waals surface area (Å²) < 4.78 is 11.6. The van der Waals surface area contributed by atoms with E-state index >= 15 is 0 Å². The number of H-pyrrole nitrogens is 1. The molecule has 1 saturated heterocycles. The summed E-state index contributed by atoms with van der Waals surface area (Å²) >= 11 is 1.67. The fraction of sp³-hybridized carbons (Fsp3) is 0.412. The topological polar surface area (TPSA) is 67.2 Å². The van der Waals surface area contributed by atoms with Crippen LogP contribution in [0.15, 0.2) is 28.1 Å². The van der Waals surface area contributed by atoms with E-state index in [4.69, 9.17) is 9.15 Å². The van der Waals surface area contributed by atoms with Crippen LogP contribution in [0.25, 0.3) is 11.5 Å². The van der Waals surface area contributed by atoms with Gasteiger partial charge >= 0.3 is 0 Å². The molecule has 126 valence electrons. The van der Waals surface area contributed by atoms with E-state index in [2.05, 4.69) is 25.5 Å². The van der Waals surface area contributed by atoms with Gasteiger partial charge in [-0.15, -0.1) is 11.3 Å². The van der Waals surface area contributed by atoms with E-state index in [0.29, 0.717) is 0 Å². The van der Waals surface area contributed by atoms with Crippen LogP contribution in [0, 0.1) is 13.8 Å². The number of rotatable bonds is 4. The van der Waals surface area contributed by atoms with Gasteiger partial charge in [-0.05, 0) is 26.0 Å². The van der Waals surface area contributed by atoms with Crippen LogP contribution in [0.2, 0.25) is 0 Å². The molecule has 1 aliphatic rings. The molecule has 1 atom stereocenters. The number of aromatic nitrogens is 3. The molecule has 6 nitrogen and oxygen atoms in total. The summed E-state index contributed by atoms with van der Waals surface area (Å²) in [5, 5.41) is 10.4. The molecule has 0 aliphatic carbocycles. The summed E-state index contributed by atoms with van der Waals surface area (Å²) in [6.07, 6.45) is 1.93. The number of morpholine rings is 1. The van der Waals surface area contributed by atoms with Gasteiger partial charge in [0.25, 0.3) is 0 Å². The number of hydrogen-bond acceptors (Lipinski definition) is 6. The first kappa shape index (κ1) is 15.6. The van der Waals surface area contributed by atoms with Gasteiger partial charge in [-0.1, -0.05) is 0 Å². The average molecular weight is 344 g/mol. The van der Waals surface area contributed by atoms with Crippen molar-refractivity contribution in [1.29, 1.82) is 0 Å². The Hall–Kier alpha value is -1.96. The number of aryl methyl sites for hydroxylation is 2. The third-order valence-electron chi connectivity index (χ3n) is 4.16. The Labute approximate surface area is 144 Å². The number of nitrogens with one attached hydrogen (secondary N) is 1. The molecule has 1 aliphatic heterocycles.